The average Bonchev–Trinajstić information content (AvgIpc) is 2.79. The molecule has 1 aliphatic rings. The molecule has 9 heteroatoms. The third kappa shape index (κ3) is 4.37. The SMILES string of the molecule is COc1ccc(-c2n[nH]c(=O)c3c2CCCC3)cc1S(=O)(=O)NCc1ccccc1Cl. The first kappa shape index (κ1) is 21.5. The largest absolute Gasteiger partial charge is 0.495 e. The van der Waals surface area contributed by atoms with Gasteiger partial charge in [-0.3, -0.25) is 4.79 Å². The van der Waals surface area contributed by atoms with Crippen molar-refractivity contribution in [2.45, 2.75) is 37.1 Å². The van der Waals surface area contributed by atoms with E-state index < -0.39 is 10.0 Å². The molecule has 1 aromatic heterocycles. The minimum Gasteiger partial charge on any atom is -0.495 e. The number of fused-ring (bicyclic) bond motifs is 1. The zero-order valence-electron chi connectivity index (χ0n) is 16.9. The monoisotopic (exact) mass is 459 g/mol. The van der Waals surface area contributed by atoms with Crippen LogP contribution in [0.4, 0.5) is 0 Å². The fourth-order valence-corrected chi connectivity index (χ4v) is 5.23. The molecule has 31 heavy (non-hydrogen) atoms. The summed E-state index contributed by atoms with van der Waals surface area (Å²) in [5.74, 6) is 0.216. The second-order valence-electron chi connectivity index (χ2n) is 7.35. The van der Waals surface area contributed by atoms with E-state index in [2.05, 4.69) is 14.9 Å². The van der Waals surface area contributed by atoms with Gasteiger partial charge < -0.3 is 4.74 Å². The summed E-state index contributed by atoms with van der Waals surface area (Å²) >= 11 is 6.15. The number of hydrogen-bond donors (Lipinski definition) is 2. The Morgan fingerprint density at radius 2 is 1.87 bits per heavy atom. The molecule has 0 radical (unpaired) electrons. The Morgan fingerprint density at radius 3 is 2.61 bits per heavy atom. The summed E-state index contributed by atoms with van der Waals surface area (Å²) < 4.78 is 34.1. The second-order valence-corrected chi connectivity index (χ2v) is 9.49. The van der Waals surface area contributed by atoms with E-state index in [1.807, 2.05) is 0 Å². The van der Waals surface area contributed by atoms with Crippen molar-refractivity contribution in [3.63, 3.8) is 0 Å². The number of rotatable bonds is 6. The molecule has 0 unspecified atom stereocenters. The maximum Gasteiger partial charge on any atom is 0.267 e. The van der Waals surface area contributed by atoms with E-state index in [0.29, 0.717) is 28.3 Å². The molecule has 0 saturated carbocycles. The summed E-state index contributed by atoms with van der Waals surface area (Å²) in [4.78, 5) is 12.2. The third-order valence-corrected chi connectivity index (χ3v) is 7.23. The summed E-state index contributed by atoms with van der Waals surface area (Å²) in [5, 5.41) is 7.27. The fraction of sp³-hybridized carbons (Fsp3) is 0.273. The van der Waals surface area contributed by atoms with Gasteiger partial charge in [-0.25, -0.2) is 18.2 Å². The predicted molar refractivity (Wildman–Crippen MR) is 119 cm³/mol. The summed E-state index contributed by atoms with van der Waals surface area (Å²) in [6.07, 6.45) is 3.35. The molecule has 0 fully saturated rings. The van der Waals surface area contributed by atoms with Crippen molar-refractivity contribution in [3.05, 3.63) is 74.5 Å². The van der Waals surface area contributed by atoms with Crippen LogP contribution in [0.5, 0.6) is 5.75 Å². The predicted octanol–water partition coefficient (Wildman–Crippen LogP) is 3.46. The second kappa shape index (κ2) is 8.82. The highest BCUT2D eigenvalue weighted by Crippen LogP contribution is 2.33. The van der Waals surface area contributed by atoms with Crippen LogP contribution < -0.4 is 15.0 Å². The minimum atomic E-state index is -3.91. The number of halogens is 1. The van der Waals surface area contributed by atoms with E-state index in [1.54, 1.807) is 36.4 Å². The topological polar surface area (TPSA) is 101 Å². The number of ether oxygens (including phenoxy) is 1. The quantitative estimate of drug-likeness (QED) is 0.587. The van der Waals surface area contributed by atoms with E-state index in [9.17, 15) is 13.2 Å². The van der Waals surface area contributed by atoms with Gasteiger partial charge >= 0.3 is 0 Å². The lowest BCUT2D eigenvalue weighted by atomic mass is 9.90. The maximum atomic E-state index is 13.1. The van der Waals surface area contributed by atoms with Gasteiger partial charge in [0.15, 0.2) is 0 Å². The number of methoxy groups -OCH3 is 1. The highest BCUT2D eigenvalue weighted by atomic mass is 35.5. The van der Waals surface area contributed by atoms with Crippen LogP contribution in [0.1, 0.15) is 29.5 Å². The molecule has 0 saturated heterocycles. The van der Waals surface area contributed by atoms with Crippen molar-refractivity contribution in [2.75, 3.05) is 7.11 Å². The Morgan fingerprint density at radius 1 is 1.13 bits per heavy atom. The van der Waals surface area contributed by atoms with Crippen molar-refractivity contribution >= 4 is 21.6 Å². The number of H-pyrrole nitrogens is 1. The number of aromatic nitrogens is 2. The summed E-state index contributed by atoms with van der Waals surface area (Å²) in [7, 11) is -2.49. The molecule has 2 aromatic carbocycles. The number of aromatic amines is 1. The van der Waals surface area contributed by atoms with Crippen LogP contribution in [-0.2, 0) is 29.4 Å². The van der Waals surface area contributed by atoms with Crippen LogP contribution in [0.3, 0.4) is 0 Å². The first-order valence-corrected chi connectivity index (χ1v) is 11.8. The molecule has 3 aromatic rings. The molecule has 0 atom stereocenters. The van der Waals surface area contributed by atoms with Crippen LogP contribution in [0.15, 0.2) is 52.2 Å². The lowest BCUT2D eigenvalue weighted by Crippen LogP contribution is -2.24. The van der Waals surface area contributed by atoms with Gasteiger partial charge in [0.25, 0.3) is 5.56 Å². The molecule has 162 valence electrons. The first-order valence-electron chi connectivity index (χ1n) is 9.92. The van der Waals surface area contributed by atoms with Gasteiger partial charge in [-0.15, -0.1) is 0 Å². The number of hydrogen-bond acceptors (Lipinski definition) is 5. The molecular formula is C22H22ClN3O4S. The molecule has 1 aliphatic carbocycles. The van der Waals surface area contributed by atoms with E-state index in [-0.39, 0.29) is 22.7 Å². The van der Waals surface area contributed by atoms with Crippen molar-refractivity contribution in [1.82, 2.24) is 14.9 Å². The number of nitrogens with zero attached hydrogens (tertiary/aromatic N) is 1. The van der Waals surface area contributed by atoms with Crippen LogP contribution in [0.25, 0.3) is 11.3 Å². The molecule has 0 aliphatic heterocycles. The molecule has 0 spiro atoms. The van der Waals surface area contributed by atoms with E-state index in [1.165, 1.54) is 13.2 Å². The maximum absolute atomic E-state index is 13.1. The van der Waals surface area contributed by atoms with Crippen molar-refractivity contribution < 1.29 is 13.2 Å². The molecule has 4 rings (SSSR count). The molecule has 2 N–H and O–H groups in total. The Labute approximate surface area is 185 Å². The highest BCUT2D eigenvalue weighted by molar-refractivity contribution is 7.89. The summed E-state index contributed by atoms with van der Waals surface area (Å²) in [5.41, 5.74) is 3.30. The van der Waals surface area contributed by atoms with Crippen LogP contribution >= 0.6 is 11.6 Å². The normalized spacial score (nSPS) is 13.6. The van der Waals surface area contributed by atoms with Crippen molar-refractivity contribution in [2.24, 2.45) is 0 Å². The molecule has 0 bridgehead atoms. The smallest absolute Gasteiger partial charge is 0.267 e. The fourth-order valence-electron chi connectivity index (χ4n) is 3.82. The van der Waals surface area contributed by atoms with E-state index >= 15 is 0 Å². The zero-order valence-corrected chi connectivity index (χ0v) is 18.5. The first-order chi connectivity index (χ1) is 14.9. The third-order valence-electron chi connectivity index (χ3n) is 5.43. The minimum absolute atomic E-state index is 0.00267. The highest BCUT2D eigenvalue weighted by Gasteiger charge is 2.24. The Kier molecular flexibility index (Phi) is 6.13. The van der Waals surface area contributed by atoms with Gasteiger partial charge in [0.05, 0.1) is 12.8 Å². The van der Waals surface area contributed by atoms with Crippen LogP contribution in [0.2, 0.25) is 5.02 Å². The molecule has 7 nitrogen and oxygen atoms in total. The standard InChI is InChI=1S/C22H22ClN3O4S/c1-30-19-11-10-14(21-16-7-3-4-8-17(16)22(27)26-25-21)12-20(19)31(28,29)24-13-15-6-2-5-9-18(15)23/h2,5-6,9-12,24H,3-4,7-8,13H2,1H3,(H,26,27). The van der Waals surface area contributed by atoms with Gasteiger partial charge in [0, 0.05) is 22.7 Å². The van der Waals surface area contributed by atoms with Gasteiger partial charge in [-0.1, -0.05) is 29.8 Å². The van der Waals surface area contributed by atoms with Crippen molar-refractivity contribution in [1.29, 1.82) is 0 Å². The van der Waals surface area contributed by atoms with E-state index in [4.69, 9.17) is 16.3 Å². The lowest BCUT2D eigenvalue weighted by molar-refractivity contribution is 0.402. The van der Waals surface area contributed by atoms with Gasteiger partial charge in [0.2, 0.25) is 10.0 Å². The van der Waals surface area contributed by atoms with Gasteiger partial charge in [-0.05, 0) is 61.1 Å². The van der Waals surface area contributed by atoms with Gasteiger partial charge in [0.1, 0.15) is 10.6 Å². The number of sulfonamides is 1. The Bertz CT molecular complexity index is 1290. The van der Waals surface area contributed by atoms with Crippen LogP contribution in [-0.4, -0.2) is 25.7 Å². The Hall–Kier alpha value is -2.68. The summed E-state index contributed by atoms with van der Waals surface area (Å²) in [6, 6.07) is 11.9. The number of nitrogens with one attached hydrogen (secondary N) is 2. The van der Waals surface area contributed by atoms with Gasteiger partial charge in [-0.2, -0.15) is 5.10 Å². The lowest BCUT2D eigenvalue weighted by Gasteiger charge is -2.18. The van der Waals surface area contributed by atoms with E-state index in [0.717, 1.165) is 30.4 Å². The summed E-state index contributed by atoms with van der Waals surface area (Å²) in [6.45, 7) is 0.0433. The van der Waals surface area contributed by atoms with Crippen LogP contribution in [0, 0.1) is 0 Å². The molecular weight excluding hydrogens is 438 g/mol. The molecule has 1 heterocycles. The number of benzene rings is 2. The average molecular weight is 460 g/mol. The van der Waals surface area contributed by atoms with Crippen molar-refractivity contribution in [3.8, 4) is 17.0 Å². The molecule has 0 amide bonds. The Balaban J connectivity index is 1.73. The zero-order chi connectivity index (χ0) is 22.0.